The van der Waals surface area contributed by atoms with E-state index in [4.69, 9.17) is 9.84 Å². The Labute approximate surface area is 65.4 Å². The molecule has 0 aliphatic rings. The van der Waals surface area contributed by atoms with E-state index in [1.54, 1.807) is 0 Å². The van der Waals surface area contributed by atoms with Gasteiger partial charge in [0.15, 0.2) is 0 Å². The van der Waals surface area contributed by atoms with Gasteiger partial charge in [-0.3, -0.25) is 0 Å². The summed E-state index contributed by atoms with van der Waals surface area (Å²) in [5.41, 5.74) is 0. The highest BCUT2D eigenvalue weighted by molar-refractivity contribution is 5.81. The number of methoxy groups -OCH3 is 1. The topological polar surface area (TPSA) is 55.8 Å². The second kappa shape index (κ2) is 5.88. The number of hydrogen-bond donors (Lipinski definition) is 1. The number of aliphatic hydroxyl groups excluding tert-OH is 1. The summed E-state index contributed by atoms with van der Waals surface area (Å²) in [6.07, 6.45) is 0.643. The van der Waals surface area contributed by atoms with Gasteiger partial charge in [0.05, 0.1) is 0 Å². The van der Waals surface area contributed by atoms with Gasteiger partial charge in [-0.1, -0.05) is 6.58 Å². The molecule has 0 saturated heterocycles. The molecule has 1 atom stereocenters. The minimum atomic E-state index is -0.675. The Kier molecular flexibility index (Phi) is 5.42. The molecule has 0 fully saturated rings. The molecular formula is C7H12O4. The second-order valence-electron chi connectivity index (χ2n) is 1.82. The zero-order valence-corrected chi connectivity index (χ0v) is 6.45. The zero-order chi connectivity index (χ0) is 8.69. The number of carbonyl (C=O) groups is 1. The van der Waals surface area contributed by atoms with E-state index in [1.807, 2.05) is 0 Å². The molecule has 0 aromatic heterocycles. The third kappa shape index (κ3) is 4.52. The molecule has 0 heterocycles. The fourth-order valence-corrected chi connectivity index (χ4v) is 0.508. The third-order valence-electron chi connectivity index (χ3n) is 1.04. The molecule has 1 N–H and O–H groups in total. The Balaban J connectivity index is 3.67. The summed E-state index contributed by atoms with van der Waals surface area (Å²) in [7, 11) is 1.40. The molecule has 0 radical (unpaired) electrons. The molecule has 11 heavy (non-hydrogen) atoms. The van der Waals surface area contributed by atoms with Crippen molar-refractivity contribution in [1.82, 2.24) is 0 Å². The highest BCUT2D eigenvalue weighted by Gasteiger charge is 2.09. The van der Waals surface area contributed by atoms with Crippen molar-refractivity contribution in [3.05, 3.63) is 12.7 Å². The Hall–Kier alpha value is -0.870. The third-order valence-corrected chi connectivity index (χ3v) is 1.04. The molecule has 0 aromatic carbocycles. The fraction of sp³-hybridized carbons (Fsp3) is 0.571. The van der Waals surface area contributed by atoms with E-state index >= 15 is 0 Å². The SMILES string of the molecule is C=CC(=O)OC(CCO)OC. The summed E-state index contributed by atoms with van der Waals surface area (Å²) in [4.78, 5) is 10.6. The summed E-state index contributed by atoms with van der Waals surface area (Å²) in [6.45, 7) is 3.14. The highest BCUT2D eigenvalue weighted by atomic mass is 16.7. The summed E-state index contributed by atoms with van der Waals surface area (Å²) in [5.74, 6) is -0.551. The van der Waals surface area contributed by atoms with Crippen molar-refractivity contribution in [1.29, 1.82) is 0 Å². The maximum Gasteiger partial charge on any atom is 0.332 e. The summed E-state index contributed by atoms with van der Waals surface area (Å²) >= 11 is 0. The van der Waals surface area contributed by atoms with Gasteiger partial charge in [0.25, 0.3) is 0 Å². The normalized spacial score (nSPS) is 12.2. The van der Waals surface area contributed by atoms with Crippen LogP contribution in [0.3, 0.4) is 0 Å². The van der Waals surface area contributed by atoms with Crippen LogP contribution in [0.25, 0.3) is 0 Å². The number of esters is 1. The molecule has 0 aromatic rings. The van der Waals surface area contributed by atoms with Crippen LogP contribution in [0, 0.1) is 0 Å². The van der Waals surface area contributed by atoms with Gasteiger partial charge >= 0.3 is 5.97 Å². The highest BCUT2D eigenvalue weighted by Crippen LogP contribution is 1.98. The van der Waals surface area contributed by atoms with Crippen molar-refractivity contribution in [3.63, 3.8) is 0 Å². The molecule has 0 bridgehead atoms. The lowest BCUT2D eigenvalue weighted by atomic mass is 10.4. The van der Waals surface area contributed by atoms with Gasteiger partial charge in [0, 0.05) is 26.2 Å². The van der Waals surface area contributed by atoms with E-state index in [0.29, 0.717) is 0 Å². The Morgan fingerprint density at radius 3 is 2.82 bits per heavy atom. The van der Waals surface area contributed by atoms with Gasteiger partial charge in [-0.25, -0.2) is 4.79 Å². The van der Waals surface area contributed by atoms with E-state index < -0.39 is 12.3 Å². The maximum atomic E-state index is 10.6. The first kappa shape index (κ1) is 10.1. The number of carbonyl (C=O) groups excluding carboxylic acids is 1. The predicted molar refractivity (Wildman–Crippen MR) is 38.8 cm³/mol. The molecule has 4 heteroatoms. The molecule has 4 nitrogen and oxygen atoms in total. The van der Waals surface area contributed by atoms with Gasteiger partial charge < -0.3 is 14.6 Å². The molecule has 0 aliphatic heterocycles. The molecule has 0 spiro atoms. The zero-order valence-electron chi connectivity index (χ0n) is 6.45. The Bertz CT molecular complexity index is 132. The van der Waals surface area contributed by atoms with Crippen LogP contribution < -0.4 is 0 Å². The van der Waals surface area contributed by atoms with Gasteiger partial charge in [-0.05, 0) is 0 Å². The van der Waals surface area contributed by atoms with Crippen LogP contribution in [0.2, 0.25) is 0 Å². The Morgan fingerprint density at radius 2 is 2.45 bits per heavy atom. The largest absolute Gasteiger partial charge is 0.433 e. The van der Waals surface area contributed by atoms with Crippen LogP contribution in [0.4, 0.5) is 0 Å². The van der Waals surface area contributed by atoms with Gasteiger partial charge in [-0.2, -0.15) is 0 Å². The quantitative estimate of drug-likeness (QED) is 0.351. The van der Waals surface area contributed by atoms with Gasteiger partial charge in [-0.15, -0.1) is 0 Å². The Morgan fingerprint density at radius 1 is 1.82 bits per heavy atom. The van der Waals surface area contributed by atoms with E-state index in [2.05, 4.69) is 11.3 Å². The molecular weight excluding hydrogens is 148 g/mol. The molecule has 0 rings (SSSR count). The minimum Gasteiger partial charge on any atom is -0.433 e. The van der Waals surface area contributed by atoms with Crippen molar-refractivity contribution in [2.75, 3.05) is 13.7 Å². The first-order valence-electron chi connectivity index (χ1n) is 3.21. The summed E-state index contributed by atoms with van der Waals surface area (Å²) in [6, 6.07) is 0. The molecule has 0 saturated carbocycles. The van der Waals surface area contributed by atoms with Crippen LogP contribution in [0.1, 0.15) is 6.42 Å². The lowest BCUT2D eigenvalue weighted by Crippen LogP contribution is -2.19. The number of rotatable bonds is 5. The molecule has 0 amide bonds. The molecule has 1 unspecified atom stereocenters. The second-order valence-corrected chi connectivity index (χ2v) is 1.82. The molecule has 64 valence electrons. The number of aliphatic hydroxyl groups is 1. The maximum absolute atomic E-state index is 10.6. The average molecular weight is 160 g/mol. The first-order chi connectivity index (χ1) is 5.24. The monoisotopic (exact) mass is 160 g/mol. The van der Waals surface area contributed by atoms with Crippen molar-refractivity contribution in [2.24, 2.45) is 0 Å². The standard InChI is InChI=1S/C7H12O4/c1-3-6(9)11-7(10-2)4-5-8/h3,7-8H,1,4-5H2,2H3. The van der Waals surface area contributed by atoms with Crippen LogP contribution in [-0.4, -0.2) is 31.1 Å². The van der Waals surface area contributed by atoms with Crippen LogP contribution in [0.5, 0.6) is 0 Å². The van der Waals surface area contributed by atoms with Crippen molar-refractivity contribution >= 4 is 5.97 Å². The number of ether oxygens (including phenoxy) is 2. The average Bonchev–Trinajstić information content (AvgIpc) is 2.03. The smallest absolute Gasteiger partial charge is 0.332 e. The van der Waals surface area contributed by atoms with Gasteiger partial charge in [0.1, 0.15) is 0 Å². The number of hydrogen-bond acceptors (Lipinski definition) is 4. The minimum absolute atomic E-state index is 0.0804. The summed E-state index contributed by atoms with van der Waals surface area (Å²) < 4.78 is 9.36. The van der Waals surface area contributed by atoms with E-state index in [9.17, 15) is 4.79 Å². The fourth-order valence-electron chi connectivity index (χ4n) is 0.508. The van der Waals surface area contributed by atoms with Crippen molar-refractivity contribution in [2.45, 2.75) is 12.7 Å². The van der Waals surface area contributed by atoms with Crippen LogP contribution in [-0.2, 0) is 14.3 Å². The van der Waals surface area contributed by atoms with Gasteiger partial charge in [0.2, 0.25) is 6.29 Å². The van der Waals surface area contributed by atoms with E-state index in [1.165, 1.54) is 7.11 Å². The summed E-state index contributed by atoms with van der Waals surface area (Å²) in [5, 5.41) is 8.46. The van der Waals surface area contributed by atoms with Crippen molar-refractivity contribution < 1.29 is 19.4 Å². The van der Waals surface area contributed by atoms with Crippen LogP contribution in [0.15, 0.2) is 12.7 Å². The first-order valence-corrected chi connectivity index (χ1v) is 3.21. The lowest BCUT2D eigenvalue weighted by Gasteiger charge is -2.12. The van der Waals surface area contributed by atoms with Crippen molar-refractivity contribution in [3.8, 4) is 0 Å². The molecule has 0 aliphatic carbocycles. The lowest BCUT2D eigenvalue weighted by molar-refractivity contribution is -0.169. The van der Waals surface area contributed by atoms with Crippen LogP contribution >= 0.6 is 0 Å². The van der Waals surface area contributed by atoms with E-state index in [0.717, 1.165) is 6.08 Å². The predicted octanol–water partition coefficient (Wildman–Crippen LogP) is 0.0705. The van der Waals surface area contributed by atoms with E-state index in [-0.39, 0.29) is 13.0 Å².